The molecule has 5 heterocycles. The van der Waals surface area contributed by atoms with Crippen LogP contribution in [0.3, 0.4) is 0 Å². The third-order valence-corrected chi connectivity index (χ3v) is 6.34. The Hall–Kier alpha value is -3.05. The molecule has 2 atom stereocenters. The van der Waals surface area contributed by atoms with Gasteiger partial charge in [-0.15, -0.1) is 0 Å². The van der Waals surface area contributed by atoms with Crippen molar-refractivity contribution in [1.29, 1.82) is 0 Å². The molecule has 2 aliphatic heterocycles. The Morgan fingerprint density at radius 2 is 1.97 bits per heavy atom. The molecule has 11 heteroatoms. The summed E-state index contributed by atoms with van der Waals surface area (Å²) in [5.41, 5.74) is 1.00. The van der Waals surface area contributed by atoms with Crippen LogP contribution in [0.4, 0.5) is 27.8 Å². The number of alkyl halides is 1. The predicted molar refractivity (Wildman–Crippen MR) is 129 cm³/mol. The SMILES string of the molecule is COC1CCN(c2nccc(Nc3cc4c(cn3)c(N3CCOCC3)nn4C(C)C)n2)CC1F. The average molecular weight is 471 g/mol. The van der Waals surface area contributed by atoms with Gasteiger partial charge in [-0.1, -0.05) is 0 Å². The van der Waals surface area contributed by atoms with Crippen LogP contribution in [0.25, 0.3) is 10.9 Å². The monoisotopic (exact) mass is 470 g/mol. The molecule has 0 spiro atoms. The highest BCUT2D eigenvalue weighted by molar-refractivity contribution is 5.92. The largest absolute Gasteiger partial charge is 0.378 e. The van der Waals surface area contributed by atoms with Gasteiger partial charge in [0.2, 0.25) is 5.95 Å². The Morgan fingerprint density at radius 3 is 2.71 bits per heavy atom. The summed E-state index contributed by atoms with van der Waals surface area (Å²) < 4.78 is 27.1. The molecule has 34 heavy (non-hydrogen) atoms. The number of anilines is 4. The number of nitrogens with one attached hydrogen (secondary N) is 1. The number of hydrogen-bond acceptors (Lipinski definition) is 9. The summed E-state index contributed by atoms with van der Waals surface area (Å²) in [5.74, 6) is 2.69. The Kier molecular flexibility index (Phi) is 6.46. The van der Waals surface area contributed by atoms with E-state index >= 15 is 0 Å². The normalized spacial score (nSPS) is 21.4. The van der Waals surface area contributed by atoms with E-state index in [-0.39, 0.29) is 18.7 Å². The van der Waals surface area contributed by atoms with E-state index < -0.39 is 6.17 Å². The first-order valence-corrected chi connectivity index (χ1v) is 11.8. The van der Waals surface area contributed by atoms with Crippen molar-refractivity contribution in [3.8, 4) is 0 Å². The third kappa shape index (κ3) is 4.49. The molecule has 2 fully saturated rings. The van der Waals surface area contributed by atoms with Crippen molar-refractivity contribution in [1.82, 2.24) is 24.7 Å². The van der Waals surface area contributed by atoms with Gasteiger partial charge in [-0.25, -0.2) is 14.4 Å². The van der Waals surface area contributed by atoms with Crippen molar-refractivity contribution in [2.45, 2.75) is 38.6 Å². The number of hydrogen-bond donors (Lipinski definition) is 1. The second-order valence-corrected chi connectivity index (χ2v) is 8.94. The fraction of sp³-hybridized carbons (Fsp3) is 0.565. The molecule has 0 saturated carbocycles. The van der Waals surface area contributed by atoms with Crippen LogP contribution in [0.1, 0.15) is 26.3 Å². The number of morpholine rings is 1. The van der Waals surface area contributed by atoms with E-state index in [9.17, 15) is 4.39 Å². The summed E-state index contributed by atoms with van der Waals surface area (Å²) in [6.45, 7) is 8.12. The fourth-order valence-corrected chi connectivity index (χ4v) is 4.52. The molecule has 0 bridgehead atoms. The number of ether oxygens (including phenoxy) is 2. The van der Waals surface area contributed by atoms with Crippen molar-refractivity contribution in [2.75, 3.05) is 61.6 Å². The predicted octanol–water partition coefficient (Wildman–Crippen LogP) is 2.95. The van der Waals surface area contributed by atoms with E-state index in [0.717, 1.165) is 29.8 Å². The molecule has 0 aliphatic carbocycles. The number of halogens is 1. The maximum absolute atomic E-state index is 14.4. The topological polar surface area (TPSA) is 93.5 Å². The third-order valence-electron chi connectivity index (χ3n) is 6.34. The second kappa shape index (κ2) is 9.67. The standard InChI is InChI=1S/C23H31FN8O2/c1-15(2)32-18-12-21(26-13-16(18)22(29-32)30-8-10-34-11-9-30)27-20-4-6-25-23(28-20)31-7-5-19(33-3)17(24)14-31/h4,6,12-13,15,17,19H,5,7-11,14H2,1-3H3,(H,25,26,27,28). The molecule has 3 aromatic rings. The molecule has 0 radical (unpaired) electrons. The summed E-state index contributed by atoms with van der Waals surface area (Å²) in [6, 6.07) is 3.97. The van der Waals surface area contributed by atoms with Gasteiger partial charge in [0.05, 0.1) is 36.8 Å². The van der Waals surface area contributed by atoms with Crippen molar-refractivity contribution in [2.24, 2.45) is 0 Å². The number of aromatic nitrogens is 5. The number of nitrogens with zero attached hydrogens (tertiary/aromatic N) is 7. The Bertz CT molecular complexity index is 1130. The van der Waals surface area contributed by atoms with E-state index in [1.54, 1.807) is 19.4 Å². The molecule has 182 valence electrons. The molecule has 2 aliphatic rings. The quantitative estimate of drug-likeness (QED) is 0.584. The first-order valence-electron chi connectivity index (χ1n) is 11.8. The Labute approximate surface area is 198 Å². The maximum Gasteiger partial charge on any atom is 0.227 e. The highest BCUT2D eigenvalue weighted by Crippen LogP contribution is 2.30. The van der Waals surface area contributed by atoms with Gasteiger partial charge >= 0.3 is 0 Å². The van der Waals surface area contributed by atoms with Crippen LogP contribution in [0.15, 0.2) is 24.5 Å². The van der Waals surface area contributed by atoms with Gasteiger partial charge < -0.3 is 24.6 Å². The molecular formula is C23H31FN8O2. The molecule has 0 amide bonds. The molecule has 2 unspecified atom stereocenters. The molecule has 0 aromatic carbocycles. The minimum absolute atomic E-state index is 0.196. The van der Waals surface area contributed by atoms with Crippen molar-refractivity contribution >= 4 is 34.3 Å². The summed E-state index contributed by atoms with van der Waals surface area (Å²) in [4.78, 5) is 17.7. The summed E-state index contributed by atoms with van der Waals surface area (Å²) in [6.07, 6.45) is 2.69. The van der Waals surface area contributed by atoms with Crippen molar-refractivity contribution in [3.63, 3.8) is 0 Å². The lowest BCUT2D eigenvalue weighted by Gasteiger charge is -2.33. The number of piperidine rings is 1. The lowest BCUT2D eigenvalue weighted by Crippen LogP contribution is -2.46. The molecule has 3 aromatic heterocycles. The van der Waals surface area contributed by atoms with Crippen LogP contribution < -0.4 is 15.1 Å². The van der Waals surface area contributed by atoms with E-state index in [1.807, 2.05) is 21.8 Å². The fourth-order valence-electron chi connectivity index (χ4n) is 4.52. The van der Waals surface area contributed by atoms with Crippen LogP contribution in [0.2, 0.25) is 0 Å². The first kappa shape index (κ1) is 22.7. The lowest BCUT2D eigenvalue weighted by molar-refractivity contribution is 0.0194. The van der Waals surface area contributed by atoms with Crippen LogP contribution in [0.5, 0.6) is 0 Å². The minimum atomic E-state index is -1.07. The van der Waals surface area contributed by atoms with E-state index in [0.29, 0.717) is 43.8 Å². The van der Waals surface area contributed by atoms with Crippen LogP contribution >= 0.6 is 0 Å². The van der Waals surface area contributed by atoms with Gasteiger partial charge in [0, 0.05) is 51.2 Å². The summed E-state index contributed by atoms with van der Waals surface area (Å²) in [5, 5.41) is 9.19. The molecule has 10 nitrogen and oxygen atoms in total. The highest BCUT2D eigenvalue weighted by atomic mass is 19.1. The van der Waals surface area contributed by atoms with Gasteiger partial charge in [0.25, 0.3) is 0 Å². The lowest BCUT2D eigenvalue weighted by atomic mass is 10.1. The van der Waals surface area contributed by atoms with Crippen molar-refractivity contribution < 1.29 is 13.9 Å². The number of pyridine rings is 1. The van der Waals surface area contributed by atoms with E-state index in [1.165, 1.54) is 0 Å². The zero-order valence-corrected chi connectivity index (χ0v) is 19.8. The van der Waals surface area contributed by atoms with Crippen LogP contribution in [-0.2, 0) is 9.47 Å². The van der Waals surface area contributed by atoms with E-state index in [2.05, 4.69) is 39.0 Å². The summed E-state index contributed by atoms with van der Waals surface area (Å²) in [7, 11) is 1.55. The molecule has 1 N–H and O–H groups in total. The Morgan fingerprint density at radius 1 is 1.15 bits per heavy atom. The van der Waals surface area contributed by atoms with Crippen molar-refractivity contribution in [3.05, 3.63) is 24.5 Å². The second-order valence-electron chi connectivity index (χ2n) is 8.94. The van der Waals surface area contributed by atoms with Gasteiger partial charge in [0.15, 0.2) is 5.82 Å². The number of rotatable bonds is 6. The van der Waals surface area contributed by atoms with Gasteiger partial charge in [-0.3, -0.25) is 4.68 Å². The zero-order chi connectivity index (χ0) is 23.7. The van der Waals surface area contributed by atoms with Gasteiger partial charge in [-0.05, 0) is 26.3 Å². The summed E-state index contributed by atoms with van der Waals surface area (Å²) >= 11 is 0. The number of methoxy groups -OCH3 is 1. The van der Waals surface area contributed by atoms with Gasteiger partial charge in [-0.2, -0.15) is 10.1 Å². The van der Waals surface area contributed by atoms with Gasteiger partial charge in [0.1, 0.15) is 17.8 Å². The first-order chi connectivity index (χ1) is 16.5. The number of fused-ring (bicyclic) bond motifs is 1. The minimum Gasteiger partial charge on any atom is -0.378 e. The molecule has 2 saturated heterocycles. The zero-order valence-electron chi connectivity index (χ0n) is 19.8. The Balaban J connectivity index is 1.39. The van der Waals surface area contributed by atoms with E-state index in [4.69, 9.17) is 14.6 Å². The maximum atomic E-state index is 14.4. The van der Waals surface area contributed by atoms with Crippen LogP contribution in [-0.4, -0.2) is 83.5 Å². The molecular weight excluding hydrogens is 439 g/mol. The average Bonchev–Trinajstić information content (AvgIpc) is 3.24. The van der Waals surface area contributed by atoms with Crippen LogP contribution in [0, 0.1) is 0 Å². The smallest absolute Gasteiger partial charge is 0.227 e. The molecule has 5 rings (SSSR count). The highest BCUT2D eigenvalue weighted by Gasteiger charge is 2.30.